The molecule has 1 aromatic rings. The molecule has 0 bridgehead atoms. The van der Waals surface area contributed by atoms with Crippen molar-refractivity contribution >= 4 is 28.8 Å². The molecule has 0 radical (unpaired) electrons. The maximum atomic E-state index is 12.2. The van der Waals surface area contributed by atoms with E-state index in [-0.39, 0.29) is 12.0 Å². The van der Waals surface area contributed by atoms with E-state index >= 15 is 0 Å². The first kappa shape index (κ1) is 13.8. The van der Waals surface area contributed by atoms with E-state index in [1.54, 1.807) is 11.9 Å². The summed E-state index contributed by atoms with van der Waals surface area (Å²) in [6.07, 6.45) is 0.0625. The topological polar surface area (TPSA) is 41.6 Å². The predicted molar refractivity (Wildman–Crippen MR) is 73.6 cm³/mol. The Kier molecular flexibility index (Phi) is 4.61. The zero-order valence-electron chi connectivity index (χ0n) is 10.5. The first-order valence-electron chi connectivity index (χ1n) is 5.91. The van der Waals surface area contributed by atoms with Crippen LogP contribution in [0.25, 0.3) is 0 Å². The Morgan fingerprint density at radius 2 is 2.50 bits per heavy atom. The van der Waals surface area contributed by atoms with Crippen molar-refractivity contribution < 1.29 is 9.53 Å². The van der Waals surface area contributed by atoms with Crippen molar-refractivity contribution in [3.8, 4) is 0 Å². The highest BCUT2D eigenvalue weighted by Gasteiger charge is 2.22. The Labute approximate surface area is 116 Å². The van der Waals surface area contributed by atoms with Crippen LogP contribution in [0.4, 0.5) is 0 Å². The van der Waals surface area contributed by atoms with Gasteiger partial charge in [-0.3, -0.25) is 4.79 Å². The smallest absolute Gasteiger partial charge is 0.265 e. The normalized spacial score (nSPS) is 19.8. The van der Waals surface area contributed by atoms with Gasteiger partial charge in [0.05, 0.1) is 17.7 Å². The predicted octanol–water partition coefficient (Wildman–Crippen LogP) is 1.77. The molecule has 4 nitrogen and oxygen atoms in total. The summed E-state index contributed by atoms with van der Waals surface area (Å²) in [7, 11) is 1.78. The lowest BCUT2D eigenvalue weighted by Crippen LogP contribution is -2.45. The van der Waals surface area contributed by atoms with Crippen LogP contribution >= 0.6 is 22.9 Å². The number of aryl methyl sites for hydroxylation is 1. The van der Waals surface area contributed by atoms with Crippen molar-refractivity contribution in [2.75, 3.05) is 33.3 Å². The van der Waals surface area contributed by atoms with E-state index < -0.39 is 0 Å². The summed E-state index contributed by atoms with van der Waals surface area (Å²) in [5.41, 5.74) is 0.953. The van der Waals surface area contributed by atoms with Gasteiger partial charge >= 0.3 is 0 Å². The minimum Gasteiger partial charge on any atom is -0.374 e. The number of likely N-dealkylation sites (N-methyl/N-ethyl adjacent to an activating group) is 1. The molecule has 1 amide bonds. The molecular formula is C12H17ClN2O2S. The van der Waals surface area contributed by atoms with Gasteiger partial charge in [0.1, 0.15) is 4.88 Å². The Hall–Kier alpha value is -0.620. The van der Waals surface area contributed by atoms with Gasteiger partial charge in [0.2, 0.25) is 0 Å². The highest BCUT2D eigenvalue weighted by Crippen LogP contribution is 2.28. The number of carbonyl (C=O) groups excluding carboxylic acids is 1. The molecular weight excluding hydrogens is 272 g/mol. The lowest BCUT2D eigenvalue weighted by molar-refractivity contribution is 0.0105. The summed E-state index contributed by atoms with van der Waals surface area (Å²) < 4.78 is 5.58. The minimum atomic E-state index is -0.0349. The Morgan fingerprint density at radius 1 is 1.72 bits per heavy atom. The molecule has 0 saturated carbocycles. The van der Waals surface area contributed by atoms with E-state index in [1.807, 2.05) is 12.3 Å². The van der Waals surface area contributed by atoms with Gasteiger partial charge in [-0.1, -0.05) is 11.6 Å². The zero-order valence-corrected chi connectivity index (χ0v) is 12.1. The fraction of sp³-hybridized carbons (Fsp3) is 0.583. The molecule has 18 heavy (non-hydrogen) atoms. The summed E-state index contributed by atoms with van der Waals surface area (Å²) in [5.74, 6) is -0.0349. The second-order valence-electron chi connectivity index (χ2n) is 4.44. The molecule has 1 unspecified atom stereocenters. The largest absolute Gasteiger partial charge is 0.374 e. The van der Waals surface area contributed by atoms with Gasteiger partial charge in [0.25, 0.3) is 5.91 Å². The Balaban J connectivity index is 1.98. The van der Waals surface area contributed by atoms with E-state index in [1.165, 1.54) is 11.3 Å². The van der Waals surface area contributed by atoms with Gasteiger partial charge in [0, 0.05) is 26.7 Å². The van der Waals surface area contributed by atoms with Crippen LogP contribution in [0, 0.1) is 6.92 Å². The molecule has 0 spiro atoms. The summed E-state index contributed by atoms with van der Waals surface area (Å²) >= 11 is 7.50. The Bertz CT molecular complexity index is 430. The molecule has 1 fully saturated rings. The molecule has 100 valence electrons. The van der Waals surface area contributed by atoms with Crippen LogP contribution in [-0.2, 0) is 4.74 Å². The van der Waals surface area contributed by atoms with Crippen LogP contribution in [0.2, 0.25) is 5.02 Å². The lowest BCUT2D eigenvalue weighted by Gasteiger charge is -2.27. The second kappa shape index (κ2) is 6.02. The van der Waals surface area contributed by atoms with Gasteiger partial charge in [-0.15, -0.1) is 11.3 Å². The average Bonchev–Trinajstić information content (AvgIpc) is 2.70. The summed E-state index contributed by atoms with van der Waals surface area (Å²) in [4.78, 5) is 14.5. The SMILES string of the molecule is Cc1csc(C(=O)N(C)CC2CNCCO2)c1Cl. The van der Waals surface area contributed by atoms with Crippen LogP contribution < -0.4 is 5.32 Å². The fourth-order valence-corrected chi connectivity index (χ4v) is 3.14. The van der Waals surface area contributed by atoms with Crippen LogP contribution in [0.3, 0.4) is 0 Å². The van der Waals surface area contributed by atoms with Crippen molar-refractivity contribution in [3.63, 3.8) is 0 Å². The quantitative estimate of drug-likeness (QED) is 0.922. The van der Waals surface area contributed by atoms with Crippen LogP contribution in [-0.4, -0.2) is 50.2 Å². The number of ether oxygens (including phenoxy) is 1. The number of halogens is 1. The number of hydrogen-bond acceptors (Lipinski definition) is 4. The van der Waals surface area contributed by atoms with Gasteiger partial charge in [-0.05, 0) is 17.9 Å². The van der Waals surface area contributed by atoms with Crippen LogP contribution in [0.15, 0.2) is 5.38 Å². The molecule has 1 aromatic heterocycles. The first-order chi connectivity index (χ1) is 8.59. The molecule has 6 heteroatoms. The van der Waals surface area contributed by atoms with E-state index in [9.17, 15) is 4.79 Å². The third-order valence-electron chi connectivity index (χ3n) is 2.92. The summed E-state index contributed by atoms with van der Waals surface area (Å²) in [6, 6.07) is 0. The molecule has 1 saturated heterocycles. The molecule has 1 atom stereocenters. The van der Waals surface area contributed by atoms with Gasteiger partial charge < -0.3 is 15.0 Å². The molecule has 0 aromatic carbocycles. The first-order valence-corrected chi connectivity index (χ1v) is 7.16. The number of rotatable bonds is 3. The van der Waals surface area contributed by atoms with Gasteiger partial charge in [0.15, 0.2) is 0 Å². The maximum absolute atomic E-state index is 12.2. The summed E-state index contributed by atoms with van der Waals surface area (Å²) in [6.45, 7) is 4.85. The molecule has 2 heterocycles. The monoisotopic (exact) mass is 288 g/mol. The lowest BCUT2D eigenvalue weighted by atomic mass is 10.2. The number of nitrogens with one attached hydrogen (secondary N) is 1. The number of carbonyl (C=O) groups is 1. The van der Waals surface area contributed by atoms with Crippen molar-refractivity contribution in [1.29, 1.82) is 0 Å². The van der Waals surface area contributed by atoms with Crippen molar-refractivity contribution in [1.82, 2.24) is 10.2 Å². The third-order valence-corrected chi connectivity index (χ3v) is 4.61. The second-order valence-corrected chi connectivity index (χ2v) is 5.70. The molecule has 1 aliphatic heterocycles. The number of hydrogen-bond donors (Lipinski definition) is 1. The van der Waals surface area contributed by atoms with Gasteiger partial charge in [-0.2, -0.15) is 0 Å². The highest BCUT2D eigenvalue weighted by molar-refractivity contribution is 7.13. The number of nitrogens with zero attached hydrogens (tertiary/aromatic N) is 1. The van der Waals surface area contributed by atoms with Crippen LogP contribution in [0.5, 0.6) is 0 Å². The minimum absolute atomic E-state index is 0.0349. The molecule has 1 N–H and O–H groups in total. The standard InChI is InChI=1S/C12H17ClN2O2S/c1-8-7-18-11(10(8)13)12(16)15(2)6-9-5-14-3-4-17-9/h7,9,14H,3-6H2,1-2H3. The van der Waals surface area contributed by atoms with E-state index in [0.717, 1.165) is 18.7 Å². The van der Waals surface area contributed by atoms with Crippen molar-refractivity contribution in [2.24, 2.45) is 0 Å². The third kappa shape index (κ3) is 3.03. The van der Waals surface area contributed by atoms with Crippen LogP contribution in [0.1, 0.15) is 15.2 Å². The van der Waals surface area contributed by atoms with E-state index in [2.05, 4.69) is 5.32 Å². The molecule has 1 aliphatic rings. The summed E-state index contributed by atoms with van der Waals surface area (Å²) in [5, 5.41) is 5.72. The molecule has 0 aliphatic carbocycles. The van der Waals surface area contributed by atoms with Gasteiger partial charge in [-0.25, -0.2) is 0 Å². The number of morpholine rings is 1. The van der Waals surface area contributed by atoms with Crippen molar-refractivity contribution in [3.05, 3.63) is 20.8 Å². The maximum Gasteiger partial charge on any atom is 0.265 e. The zero-order chi connectivity index (χ0) is 13.1. The Morgan fingerprint density at radius 3 is 3.06 bits per heavy atom. The number of thiophene rings is 1. The number of amides is 1. The fourth-order valence-electron chi connectivity index (χ4n) is 1.87. The van der Waals surface area contributed by atoms with E-state index in [0.29, 0.717) is 23.1 Å². The molecule has 2 rings (SSSR count). The highest BCUT2D eigenvalue weighted by atomic mass is 35.5. The van der Waals surface area contributed by atoms with Crippen molar-refractivity contribution in [2.45, 2.75) is 13.0 Å². The average molecular weight is 289 g/mol. The van der Waals surface area contributed by atoms with E-state index in [4.69, 9.17) is 16.3 Å².